The minimum absolute atomic E-state index is 0.100. The summed E-state index contributed by atoms with van der Waals surface area (Å²) in [5.41, 5.74) is 0. The first-order chi connectivity index (χ1) is 4.91. The van der Waals surface area contributed by atoms with E-state index < -0.39 is 21.7 Å². The van der Waals surface area contributed by atoms with Gasteiger partial charge in [0.25, 0.3) is 0 Å². The maximum Gasteiger partial charge on any atom is 0.0984 e. The van der Waals surface area contributed by atoms with Gasteiger partial charge >= 0.3 is 0 Å². The molecule has 0 atom stereocenters. The quantitative estimate of drug-likeness (QED) is 0.485. The van der Waals surface area contributed by atoms with Crippen molar-refractivity contribution in [3.05, 3.63) is 0 Å². The Labute approximate surface area is 68.5 Å². The fraction of sp³-hybridized carbons (Fsp3) is 1.00. The van der Waals surface area contributed by atoms with Gasteiger partial charge in [0.2, 0.25) is 0 Å². The molecule has 70 valence electrons. The number of hydrogen-bond acceptors (Lipinski definition) is 5. The molecule has 1 aliphatic rings. The van der Waals surface area contributed by atoms with Gasteiger partial charge in [0, 0.05) is 11.5 Å². The molecule has 4 N–H and O–H groups in total. The van der Waals surface area contributed by atoms with Crippen LogP contribution in [0.3, 0.4) is 0 Å². The highest BCUT2D eigenvalue weighted by atomic mass is 32.4. The summed E-state index contributed by atoms with van der Waals surface area (Å²) in [5, 5.41) is 0. The van der Waals surface area contributed by atoms with Gasteiger partial charge in [0.1, 0.15) is 0 Å². The van der Waals surface area contributed by atoms with Crippen LogP contribution in [0.1, 0.15) is 12.8 Å². The molecule has 1 aliphatic heterocycles. The molecule has 0 spiro atoms. The Balaban J connectivity index is 2.62. The van der Waals surface area contributed by atoms with E-state index >= 15 is 0 Å². The third kappa shape index (κ3) is 3.16. The highest BCUT2D eigenvalue weighted by molar-refractivity contribution is 8.32. The van der Waals surface area contributed by atoms with Crippen LogP contribution in [-0.4, -0.2) is 29.7 Å². The van der Waals surface area contributed by atoms with Crippen molar-refractivity contribution < 1.29 is 21.8 Å². The summed E-state index contributed by atoms with van der Waals surface area (Å²) < 4.78 is 40.4. The Morgan fingerprint density at radius 3 is 1.55 bits per heavy atom. The lowest BCUT2D eigenvalue weighted by molar-refractivity contribution is 0.340. The Kier molecular flexibility index (Phi) is 2.70. The van der Waals surface area contributed by atoms with Gasteiger partial charge in [-0.15, -0.1) is 0 Å². The van der Waals surface area contributed by atoms with Crippen LogP contribution in [-0.2, 0) is 3.63 Å². The molecule has 1 heterocycles. The lowest BCUT2D eigenvalue weighted by Gasteiger charge is -2.32. The molecule has 1 saturated heterocycles. The lowest BCUT2D eigenvalue weighted by Crippen LogP contribution is -2.09. The van der Waals surface area contributed by atoms with Crippen LogP contribution in [0.25, 0.3) is 0 Å². The van der Waals surface area contributed by atoms with Crippen LogP contribution in [0.15, 0.2) is 0 Å². The van der Waals surface area contributed by atoms with E-state index in [0.717, 1.165) is 0 Å². The van der Waals surface area contributed by atoms with Crippen LogP contribution in [0.2, 0.25) is 0 Å². The smallest absolute Gasteiger partial charge is 0.0984 e. The van der Waals surface area contributed by atoms with Crippen LogP contribution in [0, 0.1) is 0 Å². The van der Waals surface area contributed by atoms with Crippen LogP contribution >= 0.6 is 21.7 Å². The van der Waals surface area contributed by atoms with Crippen LogP contribution in [0.5, 0.6) is 0 Å². The first kappa shape index (κ1) is 9.59. The normalized spacial score (nSPS) is 35.3. The second-order valence-electron chi connectivity index (χ2n) is 2.40. The lowest BCUT2D eigenvalue weighted by atomic mass is 10.4. The molecule has 7 heteroatoms. The second-order valence-corrected chi connectivity index (χ2v) is 6.18. The topological polar surface area (TPSA) is 90.2 Å². The summed E-state index contributed by atoms with van der Waals surface area (Å²) in [6.45, 7) is 0. The van der Waals surface area contributed by atoms with Crippen molar-refractivity contribution in [2.24, 2.45) is 0 Å². The minimum Gasteiger partial charge on any atom is -0.307 e. The molecule has 0 saturated carbocycles. The van der Waals surface area contributed by atoms with Gasteiger partial charge in [-0.25, -0.2) is 0 Å². The molecule has 5 nitrogen and oxygen atoms in total. The average Bonchev–Trinajstić information content (AvgIpc) is 1.86. The molecule has 0 unspecified atom stereocenters. The van der Waals surface area contributed by atoms with E-state index in [1.807, 2.05) is 0 Å². The zero-order chi connectivity index (χ0) is 8.54. The maximum atomic E-state index is 9.01. The molecule has 1 rings (SSSR count). The largest absolute Gasteiger partial charge is 0.307 e. The third-order valence-electron chi connectivity index (χ3n) is 1.29. The van der Waals surface area contributed by atoms with E-state index in [1.165, 1.54) is 0 Å². The molecule has 0 aliphatic carbocycles. The molecule has 0 aromatic heterocycles. The van der Waals surface area contributed by atoms with Gasteiger partial charge in [0.15, 0.2) is 0 Å². The third-order valence-corrected chi connectivity index (χ3v) is 4.67. The summed E-state index contributed by atoms with van der Waals surface area (Å²) in [7, 11) is -6.38. The molecular weight excluding hydrogens is 192 g/mol. The monoisotopic (exact) mass is 204 g/mol. The van der Waals surface area contributed by atoms with Crippen molar-refractivity contribution >= 4 is 21.7 Å². The van der Waals surface area contributed by atoms with Gasteiger partial charge in [-0.2, -0.15) is 3.63 Å². The summed E-state index contributed by atoms with van der Waals surface area (Å²) in [6.07, 6.45) is 1.11. The Bertz CT molecular complexity index is 131. The number of hydrogen-bond donors (Lipinski definition) is 4. The highest BCUT2D eigenvalue weighted by Crippen LogP contribution is 2.59. The zero-order valence-electron chi connectivity index (χ0n) is 5.84. The van der Waals surface area contributed by atoms with Crippen molar-refractivity contribution in [3.63, 3.8) is 0 Å². The first-order valence-corrected chi connectivity index (χ1v) is 6.42. The van der Waals surface area contributed by atoms with Crippen LogP contribution in [0.4, 0.5) is 0 Å². The number of rotatable bonds is 0. The van der Waals surface area contributed by atoms with E-state index in [-0.39, 0.29) is 11.5 Å². The molecular formula is C4H12O5S2. The fourth-order valence-electron chi connectivity index (χ4n) is 0.823. The fourth-order valence-corrected chi connectivity index (χ4v) is 3.92. The predicted octanol–water partition coefficient (Wildman–Crippen LogP) is 2.13. The van der Waals surface area contributed by atoms with Crippen LogP contribution < -0.4 is 0 Å². The molecule has 1 fully saturated rings. The summed E-state index contributed by atoms with van der Waals surface area (Å²) >= 11 is 0. The highest BCUT2D eigenvalue weighted by Gasteiger charge is 2.32. The first-order valence-electron chi connectivity index (χ1n) is 3.14. The molecule has 11 heavy (non-hydrogen) atoms. The van der Waals surface area contributed by atoms with Gasteiger partial charge in [-0.3, -0.25) is 0 Å². The van der Waals surface area contributed by atoms with Gasteiger partial charge in [0.05, 0.1) is 21.7 Å². The molecule has 0 amide bonds. The van der Waals surface area contributed by atoms with Crippen molar-refractivity contribution in [2.75, 3.05) is 11.5 Å². The maximum absolute atomic E-state index is 9.01. The van der Waals surface area contributed by atoms with E-state index in [4.69, 9.17) is 18.2 Å². The molecule has 0 aromatic rings. The average molecular weight is 204 g/mol. The van der Waals surface area contributed by atoms with Gasteiger partial charge in [-0.1, -0.05) is 0 Å². The summed E-state index contributed by atoms with van der Waals surface area (Å²) in [4.78, 5) is 0. The Morgan fingerprint density at radius 1 is 0.818 bits per heavy atom. The van der Waals surface area contributed by atoms with Crippen molar-refractivity contribution in [1.82, 2.24) is 0 Å². The van der Waals surface area contributed by atoms with E-state index in [9.17, 15) is 0 Å². The molecule has 0 bridgehead atoms. The van der Waals surface area contributed by atoms with E-state index in [1.54, 1.807) is 0 Å². The standard InChI is InChI=1S/C4H12O5S2/c5-10(6)3-1-2-4-11(7,8)9-10/h5-8H,1-4H2. The zero-order valence-corrected chi connectivity index (χ0v) is 7.48. The SMILES string of the molecule is OS1(O)CCCCS(O)(O)O1. The minimum atomic E-state index is -3.19. The van der Waals surface area contributed by atoms with E-state index in [2.05, 4.69) is 3.63 Å². The van der Waals surface area contributed by atoms with Crippen molar-refractivity contribution in [1.29, 1.82) is 0 Å². The van der Waals surface area contributed by atoms with Gasteiger partial charge < -0.3 is 18.2 Å². The Hall–Kier alpha value is 0.500. The molecule has 0 aromatic carbocycles. The predicted molar refractivity (Wildman–Crippen MR) is 45.8 cm³/mol. The Morgan fingerprint density at radius 2 is 1.18 bits per heavy atom. The second kappa shape index (κ2) is 3.09. The van der Waals surface area contributed by atoms with E-state index in [0.29, 0.717) is 12.8 Å². The van der Waals surface area contributed by atoms with Gasteiger partial charge in [-0.05, 0) is 12.8 Å². The summed E-state index contributed by atoms with van der Waals surface area (Å²) in [5.74, 6) is 0.200. The molecule has 0 radical (unpaired) electrons. The summed E-state index contributed by atoms with van der Waals surface area (Å²) in [6, 6.07) is 0. The van der Waals surface area contributed by atoms with Crippen molar-refractivity contribution in [3.8, 4) is 0 Å². The van der Waals surface area contributed by atoms with Crippen molar-refractivity contribution in [2.45, 2.75) is 12.8 Å².